The zero-order chi connectivity index (χ0) is 10.1. The van der Waals surface area contributed by atoms with E-state index in [0.29, 0.717) is 5.92 Å². The van der Waals surface area contributed by atoms with E-state index in [4.69, 9.17) is 0 Å². The Balaban J connectivity index is 2.52. The zero-order valence-corrected chi connectivity index (χ0v) is 8.71. The molecule has 0 radical (unpaired) electrons. The highest BCUT2D eigenvalue weighted by Crippen LogP contribution is 2.14. The fourth-order valence-electron chi connectivity index (χ4n) is 1.81. The number of aromatic nitrogens is 1. The number of hydrogen-bond donors (Lipinski definition) is 1. The highest BCUT2D eigenvalue weighted by molar-refractivity contribution is 5.21. The van der Waals surface area contributed by atoms with Gasteiger partial charge in [-0.2, -0.15) is 0 Å². The Morgan fingerprint density at radius 2 is 2.21 bits per heavy atom. The number of nitrogens with one attached hydrogen (secondary N) is 1. The molecule has 0 unspecified atom stereocenters. The second-order valence-corrected chi connectivity index (χ2v) is 4.10. The van der Waals surface area contributed by atoms with Gasteiger partial charge >= 0.3 is 0 Å². The van der Waals surface area contributed by atoms with Crippen molar-refractivity contribution in [1.29, 1.82) is 0 Å². The van der Waals surface area contributed by atoms with Crippen LogP contribution in [0.3, 0.4) is 0 Å². The molecule has 0 atom stereocenters. The zero-order valence-electron chi connectivity index (χ0n) is 8.71. The predicted octanol–water partition coefficient (Wildman–Crippen LogP) is 1.07. The fraction of sp³-hybridized carbons (Fsp3) is 0.545. The molecule has 0 saturated carbocycles. The number of nitrogens with zero attached hydrogens (tertiary/aromatic N) is 1. The lowest BCUT2D eigenvalue weighted by Gasteiger charge is -2.20. The van der Waals surface area contributed by atoms with Gasteiger partial charge in [0.1, 0.15) is 0 Å². The monoisotopic (exact) mass is 192 g/mol. The maximum absolute atomic E-state index is 11.7. The maximum Gasteiger partial charge on any atom is 0.251 e. The first kappa shape index (κ1) is 9.46. The highest BCUT2D eigenvalue weighted by Gasteiger charge is 2.11. The molecule has 0 aliphatic carbocycles. The van der Waals surface area contributed by atoms with E-state index >= 15 is 0 Å². The number of fused-ring (bicyclic) bond motifs is 1. The van der Waals surface area contributed by atoms with Gasteiger partial charge in [-0.05, 0) is 17.5 Å². The predicted molar refractivity (Wildman–Crippen MR) is 56.5 cm³/mol. The molecule has 1 aromatic rings. The first-order chi connectivity index (χ1) is 6.68. The summed E-state index contributed by atoms with van der Waals surface area (Å²) in [6, 6.07) is 3.90. The molecule has 1 aromatic heterocycles. The minimum atomic E-state index is 0.146. The summed E-state index contributed by atoms with van der Waals surface area (Å²) < 4.78 is 1.86. The molecule has 1 N–H and O–H groups in total. The third-order valence-electron chi connectivity index (χ3n) is 2.72. The smallest absolute Gasteiger partial charge is 0.251 e. The van der Waals surface area contributed by atoms with Gasteiger partial charge in [-0.3, -0.25) is 4.79 Å². The minimum absolute atomic E-state index is 0.146. The van der Waals surface area contributed by atoms with E-state index < -0.39 is 0 Å². The molecule has 1 aliphatic rings. The van der Waals surface area contributed by atoms with Crippen LogP contribution in [0.25, 0.3) is 0 Å². The van der Waals surface area contributed by atoms with Crippen molar-refractivity contribution in [3.8, 4) is 0 Å². The van der Waals surface area contributed by atoms with Crippen molar-refractivity contribution >= 4 is 0 Å². The molecule has 2 heterocycles. The summed E-state index contributed by atoms with van der Waals surface area (Å²) in [5.41, 5.74) is 2.41. The lowest BCUT2D eigenvalue weighted by Crippen LogP contribution is -2.36. The van der Waals surface area contributed by atoms with Crippen molar-refractivity contribution in [2.45, 2.75) is 32.9 Å². The van der Waals surface area contributed by atoms with Gasteiger partial charge in [-0.25, -0.2) is 0 Å². The lowest BCUT2D eigenvalue weighted by molar-refractivity contribution is 0.497. The van der Waals surface area contributed by atoms with Gasteiger partial charge in [0.2, 0.25) is 0 Å². The molecule has 0 aromatic carbocycles. The van der Waals surface area contributed by atoms with Crippen molar-refractivity contribution in [3.05, 3.63) is 33.7 Å². The molecule has 0 spiro atoms. The van der Waals surface area contributed by atoms with Gasteiger partial charge < -0.3 is 9.88 Å². The second kappa shape index (κ2) is 3.58. The summed E-state index contributed by atoms with van der Waals surface area (Å²) in [7, 11) is 0. The summed E-state index contributed by atoms with van der Waals surface area (Å²) in [6.07, 6.45) is 0. The van der Waals surface area contributed by atoms with Crippen LogP contribution in [0.4, 0.5) is 0 Å². The molecule has 14 heavy (non-hydrogen) atoms. The van der Waals surface area contributed by atoms with Crippen LogP contribution in [-0.2, 0) is 13.1 Å². The number of pyridine rings is 1. The van der Waals surface area contributed by atoms with Crippen molar-refractivity contribution in [2.24, 2.45) is 0 Å². The first-order valence-corrected chi connectivity index (χ1v) is 5.13. The molecule has 3 nitrogen and oxygen atoms in total. The van der Waals surface area contributed by atoms with Gasteiger partial charge in [-0.15, -0.1) is 0 Å². The number of hydrogen-bond acceptors (Lipinski definition) is 2. The summed E-state index contributed by atoms with van der Waals surface area (Å²) >= 11 is 0. The van der Waals surface area contributed by atoms with Crippen LogP contribution in [0.2, 0.25) is 0 Å². The molecule has 3 heteroatoms. The Bertz CT molecular complexity index is 393. The first-order valence-electron chi connectivity index (χ1n) is 5.13. The summed E-state index contributed by atoms with van der Waals surface area (Å²) in [5, 5.41) is 3.27. The van der Waals surface area contributed by atoms with E-state index in [1.165, 1.54) is 0 Å². The standard InChI is InChI=1S/C11H16N2O/c1-8(2)9-5-10-7-12-3-4-13(10)11(14)6-9/h5-6,8,12H,3-4,7H2,1-2H3. The van der Waals surface area contributed by atoms with E-state index in [2.05, 4.69) is 25.2 Å². The van der Waals surface area contributed by atoms with Crippen LogP contribution in [0.1, 0.15) is 31.0 Å². The molecule has 0 fully saturated rings. The van der Waals surface area contributed by atoms with Crippen LogP contribution in [0.15, 0.2) is 16.9 Å². The van der Waals surface area contributed by atoms with Crippen LogP contribution >= 0.6 is 0 Å². The molecule has 0 bridgehead atoms. The van der Waals surface area contributed by atoms with E-state index in [1.54, 1.807) is 6.07 Å². The van der Waals surface area contributed by atoms with Gasteiger partial charge in [0.15, 0.2) is 0 Å². The Morgan fingerprint density at radius 3 is 2.93 bits per heavy atom. The van der Waals surface area contributed by atoms with Crippen molar-refractivity contribution in [3.63, 3.8) is 0 Å². The minimum Gasteiger partial charge on any atom is -0.310 e. The van der Waals surface area contributed by atoms with Crippen molar-refractivity contribution in [1.82, 2.24) is 9.88 Å². The quantitative estimate of drug-likeness (QED) is 0.722. The Labute approximate surface area is 83.8 Å². The molecule has 0 amide bonds. The Hall–Kier alpha value is -1.09. The highest BCUT2D eigenvalue weighted by atomic mass is 16.1. The third kappa shape index (κ3) is 1.60. The summed E-state index contributed by atoms with van der Waals surface area (Å²) in [4.78, 5) is 11.7. The molecular weight excluding hydrogens is 176 g/mol. The average molecular weight is 192 g/mol. The molecular formula is C11H16N2O. The van der Waals surface area contributed by atoms with Crippen LogP contribution < -0.4 is 10.9 Å². The van der Waals surface area contributed by atoms with Crippen LogP contribution in [0, 0.1) is 0 Å². The van der Waals surface area contributed by atoms with E-state index in [9.17, 15) is 4.79 Å². The topological polar surface area (TPSA) is 34.0 Å². The van der Waals surface area contributed by atoms with Gasteiger partial charge in [-0.1, -0.05) is 13.8 Å². The largest absolute Gasteiger partial charge is 0.310 e. The third-order valence-corrected chi connectivity index (χ3v) is 2.72. The molecule has 0 saturated heterocycles. The maximum atomic E-state index is 11.7. The lowest BCUT2D eigenvalue weighted by atomic mass is 10.0. The van der Waals surface area contributed by atoms with E-state index in [1.807, 2.05) is 4.57 Å². The molecule has 2 rings (SSSR count). The normalized spacial score (nSPS) is 15.6. The number of rotatable bonds is 1. The van der Waals surface area contributed by atoms with E-state index in [-0.39, 0.29) is 5.56 Å². The summed E-state index contributed by atoms with van der Waals surface area (Å²) in [6.45, 7) is 6.74. The van der Waals surface area contributed by atoms with E-state index in [0.717, 1.165) is 30.9 Å². The fourth-order valence-corrected chi connectivity index (χ4v) is 1.81. The Morgan fingerprint density at radius 1 is 1.43 bits per heavy atom. The summed E-state index contributed by atoms with van der Waals surface area (Å²) in [5.74, 6) is 0.426. The molecule has 1 aliphatic heterocycles. The van der Waals surface area contributed by atoms with Gasteiger partial charge in [0, 0.05) is 31.4 Å². The van der Waals surface area contributed by atoms with Crippen LogP contribution in [-0.4, -0.2) is 11.1 Å². The average Bonchev–Trinajstić information content (AvgIpc) is 2.17. The van der Waals surface area contributed by atoms with Crippen LogP contribution in [0.5, 0.6) is 0 Å². The molecule has 76 valence electrons. The van der Waals surface area contributed by atoms with Gasteiger partial charge in [0.05, 0.1) is 0 Å². The Kier molecular flexibility index (Phi) is 2.42. The van der Waals surface area contributed by atoms with Crippen molar-refractivity contribution in [2.75, 3.05) is 6.54 Å². The van der Waals surface area contributed by atoms with Crippen molar-refractivity contribution < 1.29 is 0 Å². The second-order valence-electron chi connectivity index (χ2n) is 4.10. The SMILES string of the molecule is CC(C)c1cc2n(c(=O)c1)CCNC2. The van der Waals surface area contributed by atoms with Gasteiger partial charge in [0.25, 0.3) is 5.56 Å².